The number of hydrogen-bond acceptors (Lipinski definition) is 3. The van der Waals surface area contributed by atoms with Crippen LogP contribution in [0.3, 0.4) is 0 Å². The highest BCUT2D eigenvalue weighted by Gasteiger charge is 2.07. The first-order valence-corrected chi connectivity index (χ1v) is 7.77. The monoisotopic (exact) mass is 269 g/mol. The van der Waals surface area contributed by atoms with Crippen LogP contribution in [0.2, 0.25) is 0 Å². The molecule has 0 saturated carbocycles. The second-order valence-electron chi connectivity index (χ2n) is 3.76. The van der Waals surface area contributed by atoms with Gasteiger partial charge < -0.3 is 14.7 Å². The summed E-state index contributed by atoms with van der Waals surface area (Å²) in [7, 11) is -3.20. The molecule has 0 fully saturated rings. The van der Waals surface area contributed by atoms with E-state index in [1.165, 1.54) is 45.3 Å². The molecule has 0 unspecified atom stereocenters. The largest absolute Gasteiger partial charge is 0.469 e. The summed E-state index contributed by atoms with van der Waals surface area (Å²) in [5, 5.41) is 0. The van der Waals surface area contributed by atoms with Gasteiger partial charge in [0.15, 0.2) is 0 Å². The summed E-state index contributed by atoms with van der Waals surface area (Å²) in [5.74, 6) is 0. The summed E-state index contributed by atoms with van der Waals surface area (Å²) in [6.07, 6.45) is 5.54. The van der Waals surface area contributed by atoms with E-state index in [1.54, 1.807) is 0 Å². The van der Waals surface area contributed by atoms with Crippen LogP contribution in [0.25, 0.3) is 0 Å². The molecule has 17 heavy (non-hydrogen) atoms. The number of phosphoric acid groups is 1. The van der Waals surface area contributed by atoms with Gasteiger partial charge in [0.1, 0.15) is 0 Å². The summed E-state index contributed by atoms with van der Waals surface area (Å²) in [5.41, 5.74) is 0. The highest BCUT2D eigenvalue weighted by molar-refractivity contribution is 7.46. The molecule has 0 aromatic rings. The third-order valence-corrected chi connectivity index (χ3v) is 2.94. The van der Waals surface area contributed by atoms with Crippen molar-refractivity contribution in [1.82, 2.24) is 4.90 Å². The molecular formula is C11H28NO4P. The Kier molecular flexibility index (Phi) is 14.3. The lowest BCUT2D eigenvalue weighted by atomic mass is 10.2. The maximum atomic E-state index is 9.47. The van der Waals surface area contributed by atoms with Crippen molar-refractivity contribution in [3.8, 4) is 0 Å². The smallest absolute Gasteiger partial charge is 0.304 e. The molecule has 0 aliphatic rings. The van der Waals surface area contributed by atoms with Crippen molar-refractivity contribution in [2.75, 3.05) is 26.7 Å². The van der Waals surface area contributed by atoms with Crippen LogP contribution in [-0.4, -0.2) is 41.4 Å². The zero-order valence-electron chi connectivity index (χ0n) is 11.6. The third-order valence-electron chi connectivity index (χ3n) is 2.46. The fourth-order valence-corrected chi connectivity index (χ4v) is 1.30. The van der Waals surface area contributed by atoms with Crippen LogP contribution in [0.5, 0.6) is 0 Å². The van der Waals surface area contributed by atoms with E-state index in [2.05, 4.69) is 30.2 Å². The SMILES string of the molecule is CCCCCCN(CC)CC.COP(=O)(O)O. The third kappa shape index (κ3) is 18.6. The van der Waals surface area contributed by atoms with Gasteiger partial charge in [0.2, 0.25) is 0 Å². The molecule has 0 amide bonds. The van der Waals surface area contributed by atoms with Gasteiger partial charge in [0, 0.05) is 7.11 Å². The van der Waals surface area contributed by atoms with Gasteiger partial charge in [-0.2, -0.15) is 0 Å². The Balaban J connectivity index is 0. The van der Waals surface area contributed by atoms with Crippen molar-refractivity contribution in [3.63, 3.8) is 0 Å². The molecule has 0 aliphatic heterocycles. The molecule has 0 spiro atoms. The molecule has 0 heterocycles. The Morgan fingerprint density at radius 1 is 1.06 bits per heavy atom. The van der Waals surface area contributed by atoms with E-state index in [0.29, 0.717) is 0 Å². The fraction of sp³-hybridized carbons (Fsp3) is 1.00. The van der Waals surface area contributed by atoms with E-state index in [1.807, 2.05) is 0 Å². The van der Waals surface area contributed by atoms with Gasteiger partial charge in [-0.3, -0.25) is 4.52 Å². The molecule has 5 nitrogen and oxygen atoms in total. The van der Waals surface area contributed by atoms with Crippen molar-refractivity contribution in [3.05, 3.63) is 0 Å². The van der Waals surface area contributed by atoms with Crippen LogP contribution < -0.4 is 0 Å². The maximum Gasteiger partial charge on any atom is 0.469 e. The average Bonchev–Trinajstić information content (AvgIpc) is 2.29. The maximum absolute atomic E-state index is 9.47. The van der Waals surface area contributed by atoms with Gasteiger partial charge in [0.05, 0.1) is 0 Å². The lowest BCUT2D eigenvalue weighted by Crippen LogP contribution is -2.23. The van der Waals surface area contributed by atoms with Gasteiger partial charge >= 0.3 is 7.82 Å². The number of unbranched alkanes of at least 4 members (excludes halogenated alkanes) is 3. The van der Waals surface area contributed by atoms with Crippen molar-refractivity contribution < 1.29 is 18.9 Å². The quantitative estimate of drug-likeness (QED) is 0.523. The topological polar surface area (TPSA) is 70.0 Å². The van der Waals surface area contributed by atoms with Gasteiger partial charge in [0.25, 0.3) is 0 Å². The average molecular weight is 269 g/mol. The summed E-state index contributed by atoms with van der Waals surface area (Å²) in [6.45, 7) is 10.5. The summed E-state index contributed by atoms with van der Waals surface area (Å²) in [6, 6.07) is 0. The van der Waals surface area contributed by atoms with Crippen molar-refractivity contribution in [2.24, 2.45) is 0 Å². The second kappa shape index (κ2) is 12.5. The predicted octanol–water partition coefficient (Wildman–Crippen LogP) is 2.63. The molecule has 0 aliphatic carbocycles. The molecular weight excluding hydrogens is 241 g/mol. The number of nitrogens with zero attached hydrogens (tertiary/aromatic N) is 1. The van der Waals surface area contributed by atoms with Crippen LogP contribution in [0.15, 0.2) is 0 Å². The molecule has 0 saturated heterocycles. The molecule has 106 valence electrons. The zero-order chi connectivity index (χ0) is 13.7. The van der Waals surface area contributed by atoms with E-state index in [4.69, 9.17) is 9.79 Å². The fourth-order valence-electron chi connectivity index (χ4n) is 1.30. The lowest BCUT2D eigenvalue weighted by Gasteiger charge is -2.17. The Morgan fingerprint density at radius 2 is 1.53 bits per heavy atom. The Hall–Kier alpha value is 0.0700. The normalized spacial score (nSPS) is 11.2. The summed E-state index contributed by atoms with van der Waals surface area (Å²) in [4.78, 5) is 17.9. The first-order valence-electron chi connectivity index (χ1n) is 6.24. The Labute approximate surface area is 105 Å². The molecule has 0 bridgehead atoms. The van der Waals surface area contributed by atoms with Crippen LogP contribution in [0.4, 0.5) is 0 Å². The first kappa shape index (κ1) is 19.4. The van der Waals surface area contributed by atoms with Gasteiger partial charge in [-0.25, -0.2) is 4.57 Å². The van der Waals surface area contributed by atoms with Gasteiger partial charge in [-0.1, -0.05) is 40.0 Å². The van der Waals surface area contributed by atoms with Gasteiger partial charge in [-0.15, -0.1) is 0 Å². The van der Waals surface area contributed by atoms with Crippen LogP contribution >= 0.6 is 7.82 Å². The van der Waals surface area contributed by atoms with E-state index in [-0.39, 0.29) is 0 Å². The highest BCUT2D eigenvalue weighted by atomic mass is 31.2. The zero-order valence-corrected chi connectivity index (χ0v) is 12.4. The minimum atomic E-state index is -4.15. The molecule has 0 aromatic heterocycles. The van der Waals surface area contributed by atoms with Crippen LogP contribution in [0.1, 0.15) is 46.5 Å². The summed E-state index contributed by atoms with van der Waals surface area (Å²) < 4.78 is 13.1. The molecule has 6 heteroatoms. The van der Waals surface area contributed by atoms with E-state index < -0.39 is 7.82 Å². The Bertz CT molecular complexity index is 192. The van der Waals surface area contributed by atoms with Crippen molar-refractivity contribution in [2.45, 2.75) is 46.5 Å². The van der Waals surface area contributed by atoms with E-state index in [9.17, 15) is 4.57 Å². The Morgan fingerprint density at radius 3 is 1.82 bits per heavy atom. The lowest BCUT2D eigenvalue weighted by molar-refractivity contribution is 0.235. The predicted molar refractivity (Wildman–Crippen MR) is 71.0 cm³/mol. The molecule has 0 atom stereocenters. The first-order chi connectivity index (χ1) is 7.91. The van der Waals surface area contributed by atoms with E-state index >= 15 is 0 Å². The van der Waals surface area contributed by atoms with Crippen molar-refractivity contribution >= 4 is 7.82 Å². The second-order valence-corrected chi connectivity index (χ2v) is 5.11. The summed E-state index contributed by atoms with van der Waals surface area (Å²) >= 11 is 0. The molecule has 0 radical (unpaired) electrons. The minimum absolute atomic E-state index is 0.945. The number of rotatable bonds is 8. The molecule has 0 rings (SSSR count). The molecule has 0 aromatic carbocycles. The van der Waals surface area contributed by atoms with Crippen LogP contribution in [-0.2, 0) is 9.09 Å². The van der Waals surface area contributed by atoms with E-state index in [0.717, 1.165) is 7.11 Å². The number of phosphoric ester groups is 1. The van der Waals surface area contributed by atoms with Crippen molar-refractivity contribution in [1.29, 1.82) is 0 Å². The standard InChI is InChI=1S/C10H23N.CH5O4P/c1-4-7-8-9-10-11(5-2)6-3;1-5-6(2,3)4/h4-10H2,1-3H3;1H3,(H2,2,3,4). The van der Waals surface area contributed by atoms with Gasteiger partial charge in [-0.05, 0) is 26.1 Å². The highest BCUT2D eigenvalue weighted by Crippen LogP contribution is 2.33. The number of hydrogen-bond donors (Lipinski definition) is 2. The van der Waals surface area contributed by atoms with Crippen LogP contribution in [0, 0.1) is 0 Å². The molecule has 2 N–H and O–H groups in total. The minimum Gasteiger partial charge on any atom is -0.304 e.